The molecule has 1 aliphatic heterocycles. The summed E-state index contributed by atoms with van der Waals surface area (Å²) in [5.74, 6) is 1.40. The van der Waals surface area contributed by atoms with Crippen molar-refractivity contribution in [3.05, 3.63) is 42.1 Å². The molecular weight excluding hydrogens is 420 g/mol. The molecule has 2 heterocycles. The molecule has 1 saturated heterocycles. The first-order chi connectivity index (χ1) is 15.1. The monoisotopic (exact) mass is 458 g/mol. The van der Waals surface area contributed by atoms with Gasteiger partial charge >= 0.3 is 6.09 Å². The molecule has 1 aromatic rings. The van der Waals surface area contributed by atoms with Gasteiger partial charge < -0.3 is 14.5 Å². The molecule has 0 radical (unpaired) electrons. The standard InChI is InChI=1S/C25H38N4O2S/c1-24(2,3)31-23(30)29-18-19(17-25(29,4)5)11-10-16-28(20-12-7-6-8-13-20)21-14-9-15-22(27-21)32-26/h7,9,12-15,19H,6,8,10-11,16-18,26H2,1-5H3. The van der Waals surface area contributed by atoms with Crippen LogP contribution in [0, 0.1) is 5.92 Å². The summed E-state index contributed by atoms with van der Waals surface area (Å²) in [4.78, 5) is 21.7. The number of anilines is 1. The van der Waals surface area contributed by atoms with Crippen LogP contribution in [0.15, 0.2) is 47.2 Å². The molecule has 7 heteroatoms. The van der Waals surface area contributed by atoms with Gasteiger partial charge in [-0.2, -0.15) is 0 Å². The maximum atomic E-state index is 12.7. The van der Waals surface area contributed by atoms with Crippen LogP contribution in [0.5, 0.6) is 0 Å². The quantitative estimate of drug-likeness (QED) is 0.513. The number of rotatable bonds is 7. The topological polar surface area (TPSA) is 71.7 Å². The smallest absolute Gasteiger partial charge is 0.410 e. The van der Waals surface area contributed by atoms with E-state index in [2.05, 4.69) is 37.0 Å². The van der Waals surface area contributed by atoms with E-state index in [9.17, 15) is 4.79 Å². The van der Waals surface area contributed by atoms with Gasteiger partial charge in [0.15, 0.2) is 0 Å². The predicted octanol–water partition coefficient (Wildman–Crippen LogP) is 5.90. The van der Waals surface area contributed by atoms with E-state index in [1.165, 1.54) is 17.6 Å². The molecule has 0 bridgehead atoms. The normalized spacial score (nSPS) is 20.2. The van der Waals surface area contributed by atoms with Gasteiger partial charge in [0.2, 0.25) is 0 Å². The number of carbonyl (C=O) groups is 1. The second-order valence-corrected chi connectivity index (χ2v) is 11.0. The molecule has 32 heavy (non-hydrogen) atoms. The highest BCUT2D eigenvalue weighted by Crippen LogP contribution is 2.36. The molecule has 1 atom stereocenters. The van der Waals surface area contributed by atoms with Crippen molar-refractivity contribution in [1.82, 2.24) is 9.88 Å². The van der Waals surface area contributed by atoms with Crippen LogP contribution in [0.3, 0.4) is 0 Å². The van der Waals surface area contributed by atoms with E-state index in [0.29, 0.717) is 5.92 Å². The molecule has 1 unspecified atom stereocenters. The number of aromatic nitrogens is 1. The Morgan fingerprint density at radius 1 is 1.34 bits per heavy atom. The molecule has 2 N–H and O–H groups in total. The van der Waals surface area contributed by atoms with E-state index >= 15 is 0 Å². The van der Waals surface area contributed by atoms with Gasteiger partial charge in [0.25, 0.3) is 0 Å². The summed E-state index contributed by atoms with van der Waals surface area (Å²) < 4.78 is 5.65. The number of ether oxygens (including phenoxy) is 1. The van der Waals surface area contributed by atoms with Crippen LogP contribution in [-0.4, -0.2) is 40.2 Å². The maximum Gasteiger partial charge on any atom is 0.410 e. The fraction of sp³-hybridized carbons (Fsp3) is 0.600. The number of allylic oxidation sites excluding steroid dienone is 3. The second kappa shape index (κ2) is 10.3. The molecule has 3 rings (SSSR count). The third-order valence-corrected chi connectivity index (χ3v) is 6.43. The highest BCUT2D eigenvalue weighted by molar-refractivity contribution is 7.97. The number of pyridine rings is 1. The van der Waals surface area contributed by atoms with Crippen LogP contribution in [0.1, 0.15) is 66.7 Å². The van der Waals surface area contributed by atoms with Gasteiger partial charge in [0.1, 0.15) is 16.4 Å². The van der Waals surface area contributed by atoms with Gasteiger partial charge in [0.05, 0.1) is 0 Å². The van der Waals surface area contributed by atoms with E-state index < -0.39 is 5.60 Å². The summed E-state index contributed by atoms with van der Waals surface area (Å²) in [6.07, 6.45) is 11.7. The van der Waals surface area contributed by atoms with Gasteiger partial charge in [-0.15, -0.1) is 0 Å². The number of hydrogen-bond acceptors (Lipinski definition) is 6. The van der Waals surface area contributed by atoms with Crippen molar-refractivity contribution in [2.24, 2.45) is 11.1 Å². The Morgan fingerprint density at radius 2 is 2.12 bits per heavy atom. The van der Waals surface area contributed by atoms with E-state index in [0.717, 1.165) is 56.0 Å². The average Bonchev–Trinajstić information content (AvgIpc) is 3.05. The lowest BCUT2D eigenvalue weighted by Crippen LogP contribution is -2.45. The van der Waals surface area contributed by atoms with E-state index in [4.69, 9.17) is 14.9 Å². The largest absolute Gasteiger partial charge is 0.444 e. The zero-order valence-corrected chi connectivity index (χ0v) is 21.0. The van der Waals surface area contributed by atoms with Crippen LogP contribution in [0.25, 0.3) is 0 Å². The third-order valence-electron chi connectivity index (χ3n) is 5.96. The SMILES string of the molecule is CC(C)(C)OC(=O)N1CC(CCCN(C2=CCCC=C2)c2cccc(SN)n2)CC1(C)C. The molecule has 6 nitrogen and oxygen atoms in total. The number of amides is 1. The second-order valence-electron chi connectivity index (χ2n) is 10.3. The highest BCUT2D eigenvalue weighted by atomic mass is 32.2. The first-order valence-electron chi connectivity index (χ1n) is 11.6. The predicted molar refractivity (Wildman–Crippen MR) is 132 cm³/mol. The molecule has 1 aromatic heterocycles. The Bertz CT molecular complexity index is 860. The Kier molecular flexibility index (Phi) is 7.93. The minimum atomic E-state index is -0.476. The Hall–Kier alpha value is -1.99. The number of hydrogen-bond donors (Lipinski definition) is 1. The van der Waals surface area contributed by atoms with E-state index in [1.807, 2.05) is 43.9 Å². The van der Waals surface area contributed by atoms with Crippen molar-refractivity contribution in [2.75, 3.05) is 18.0 Å². The van der Waals surface area contributed by atoms with Crippen LogP contribution in [0.4, 0.5) is 10.6 Å². The maximum absolute atomic E-state index is 12.7. The molecular formula is C25H38N4O2S. The molecule has 1 aliphatic carbocycles. The number of nitrogens with zero attached hydrogens (tertiary/aromatic N) is 3. The van der Waals surface area contributed by atoms with E-state index in [-0.39, 0.29) is 11.6 Å². The summed E-state index contributed by atoms with van der Waals surface area (Å²) in [5.41, 5.74) is 0.538. The first kappa shape index (κ1) is 24.6. The lowest BCUT2D eigenvalue weighted by molar-refractivity contribution is 0.0131. The van der Waals surface area contributed by atoms with Crippen molar-refractivity contribution in [2.45, 2.75) is 82.9 Å². The third kappa shape index (κ3) is 6.51. The van der Waals surface area contributed by atoms with Gasteiger partial charge in [-0.25, -0.2) is 9.78 Å². The van der Waals surface area contributed by atoms with Crippen molar-refractivity contribution in [3.8, 4) is 0 Å². The van der Waals surface area contributed by atoms with Gasteiger partial charge in [0, 0.05) is 24.3 Å². The van der Waals surface area contributed by atoms with Gasteiger partial charge in [-0.05, 0) is 103 Å². The van der Waals surface area contributed by atoms with Crippen molar-refractivity contribution < 1.29 is 9.53 Å². The number of carbonyl (C=O) groups excluding carboxylic acids is 1. The summed E-state index contributed by atoms with van der Waals surface area (Å²) in [5, 5.41) is 6.56. The highest BCUT2D eigenvalue weighted by Gasteiger charge is 2.42. The molecule has 0 saturated carbocycles. The van der Waals surface area contributed by atoms with Crippen LogP contribution >= 0.6 is 11.9 Å². The van der Waals surface area contributed by atoms with Crippen LogP contribution in [-0.2, 0) is 4.74 Å². The van der Waals surface area contributed by atoms with E-state index in [1.54, 1.807) is 0 Å². The minimum absolute atomic E-state index is 0.185. The van der Waals surface area contributed by atoms with Gasteiger partial charge in [-0.1, -0.05) is 18.2 Å². The zero-order chi connectivity index (χ0) is 23.4. The Labute approximate surface area is 197 Å². The fourth-order valence-corrected chi connectivity index (χ4v) is 4.86. The molecule has 1 fully saturated rings. The molecule has 0 spiro atoms. The Morgan fingerprint density at radius 3 is 2.78 bits per heavy atom. The zero-order valence-electron chi connectivity index (χ0n) is 20.1. The van der Waals surface area contributed by atoms with Crippen LogP contribution in [0.2, 0.25) is 0 Å². The van der Waals surface area contributed by atoms with Crippen LogP contribution < -0.4 is 10.0 Å². The summed E-state index contributed by atoms with van der Waals surface area (Å²) in [7, 11) is 0. The molecule has 176 valence electrons. The summed E-state index contributed by atoms with van der Waals surface area (Å²) in [6, 6.07) is 5.99. The molecule has 0 aromatic carbocycles. The Balaban J connectivity index is 1.64. The fourth-order valence-electron chi connectivity index (χ4n) is 4.55. The summed E-state index contributed by atoms with van der Waals surface area (Å²) in [6.45, 7) is 11.7. The minimum Gasteiger partial charge on any atom is -0.444 e. The lowest BCUT2D eigenvalue weighted by Gasteiger charge is -2.33. The summed E-state index contributed by atoms with van der Waals surface area (Å²) >= 11 is 1.17. The first-order valence-corrected chi connectivity index (χ1v) is 12.5. The van der Waals surface area contributed by atoms with Crippen molar-refractivity contribution >= 4 is 23.9 Å². The number of nitrogens with two attached hydrogens (primary N) is 1. The van der Waals surface area contributed by atoms with Crippen molar-refractivity contribution in [1.29, 1.82) is 0 Å². The van der Waals surface area contributed by atoms with Gasteiger partial charge in [-0.3, -0.25) is 5.14 Å². The molecule has 1 amide bonds. The van der Waals surface area contributed by atoms with Crippen molar-refractivity contribution in [3.63, 3.8) is 0 Å². The average molecular weight is 459 g/mol. The number of likely N-dealkylation sites (tertiary alicyclic amines) is 1. The molecule has 2 aliphatic rings. The lowest BCUT2D eigenvalue weighted by atomic mass is 9.93.